The Morgan fingerprint density at radius 2 is 2.04 bits per heavy atom. The van der Waals surface area contributed by atoms with Gasteiger partial charge in [0.25, 0.3) is 0 Å². The lowest BCUT2D eigenvalue weighted by atomic mass is 10.2. The van der Waals surface area contributed by atoms with Gasteiger partial charge in [-0.3, -0.25) is 0 Å². The first kappa shape index (κ1) is 18.0. The Balaban J connectivity index is 1.76. The molecule has 0 radical (unpaired) electrons. The third kappa shape index (κ3) is 6.42. The number of carbonyl (C=O) groups excluding carboxylic acids is 1. The molecule has 0 saturated heterocycles. The minimum Gasteiger partial charge on any atom is -0.457 e. The predicted molar refractivity (Wildman–Crippen MR) is 98.3 cm³/mol. The monoisotopic (exact) mass is 342 g/mol. The molecule has 0 aliphatic heterocycles. The summed E-state index contributed by atoms with van der Waals surface area (Å²) >= 11 is 1.37. The van der Waals surface area contributed by atoms with E-state index in [4.69, 9.17) is 9.47 Å². The highest BCUT2D eigenvalue weighted by Crippen LogP contribution is 2.24. The highest BCUT2D eigenvalue weighted by Gasteiger charge is 2.10. The molecule has 0 unspecified atom stereocenters. The predicted octanol–water partition coefficient (Wildman–Crippen LogP) is 5.74. The van der Waals surface area contributed by atoms with Crippen LogP contribution in [0.4, 0.5) is 0 Å². The van der Waals surface area contributed by atoms with E-state index < -0.39 is 0 Å². The molecule has 2 rings (SSSR count). The first-order valence-corrected chi connectivity index (χ1v) is 8.95. The molecule has 3 nitrogen and oxygen atoms in total. The fourth-order valence-electron chi connectivity index (χ4n) is 1.94. The summed E-state index contributed by atoms with van der Waals surface area (Å²) in [5.74, 6) is -0.339. The molecule has 0 aliphatic carbocycles. The van der Waals surface area contributed by atoms with Crippen molar-refractivity contribution in [1.82, 2.24) is 0 Å². The Morgan fingerprint density at radius 1 is 1.21 bits per heavy atom. The van der Waals surface area contributed by atoms with Crippen LogP contribution in [0.5, 0.6) is 5.06 Å². The van der Waals surface area contributed by atoms with Crippen LogP contribution in [0.2, 0.25) is 0 Å². The fourth-order valence-corrected chi connectivity index (χ4v) is 2.65. The van der Waals surface area contributed by atoms with Gasteiger partial charge in [0.15, 0.2) is 5.06 Å². The zero-order chi connectivity index (χ0) is 17.0. The molecule has 24 heavy (non-hydrogen) atoms. The van der Waals surface area contributed by atoms with E-state index >= 15 is 0 Å². The van der Waals surface area contributed by atoms with Gasteiger partial charge in [-0.25, -0.2) is 4.79 Å². The van der Waals surface area contributed by atoms with Crippen molar-refractivity contribution in [2.45, 2.75) is 32.8 Å². The maximum Gasteiger partial charge on any atom is 0.339 e. The van der Waals surface area contributed by atoms with Gasteiger partial charge in [0, 0.05) is 11.4 Å². The van der Waals surface area contributed by atoms with Gasteiger partial charge in [0.2, 0.25) is 0 Å². The molecule has 1 heterocycles. The normalized spacial score (nSPS) is 11.2. The van der Waals surface area contributed by atoms with Crippen molar-refractivity contribution in [3.63, 3.8) is 0 Å². The topological polar surface area (TPSA) is 35.5 Å². The van der Waals surface area contributed by atoms with Crippen molar-refractivity contribution >= 4 is 17.3 Å². The standard InChI is InChI=1S/C20H22O3S/c1-2-3-4-5-6-10-13-22-19-14-18(16-24-19)20(21)23-15-17-11-8-7-9-12-17/h5-14,16H,2-4,15H2,1H3. The van der Waals surface area contributed by atoms with Gasteiger partial charge in [-0.2, -0.15) is 0 Å². The van der Waals surface area contributed by atoms with Gasteiger partial charge in [-0.15, -0.1) is 11.3 Å². The Hall–Kier alpha value is -2.33. The van der Waals surface area contributed by atoms with Crippen LogP contribution in [0, 0.1) is 0 Å². The van der Waals surface area contributed by atoms with Gasteiger partial charge >= 0.3 is 5.97 Å². The minimum atomic E-state index is -0.339. The lowest BCUT2D eigenvalue weighted by molar-refractivity contribution is 0.0473. The third-order valence-electron chi connectivity index (χ3n) is 3.26. The summed E-state index contributed by atoms with van der Waals surface area (Å²) < 4.78 is 10.8. The molecule has 1 aromatic heterocycles. The molecule has 4 heteroatoms. The quantitative estimate of drug-likeness (QED) is 0.252. The molecule has 0 bridgehead atoms. The first-order valence-electron chi connectivity index (χ1n) is 8.07. The van der Waals surface area contributed by atoms with Crippen molar-refractivity contribution in [3.05, 3.63) is 77.4 Å². The highest BCUT2D eigenvalue weighted by molar-refractivity contribution is 7.12. The second kappa shape index (κ2) is 10.4. The largest absolute Gasteiger partial charge is 0.457 e. The zero-order valence-electron chi connectivity index (χ0n) is 13.8. The summed E-state index contributed by atoms with van der Waals surface area (Å²) in [6.45, 7) is 2.44. The van der Waals surface area contributed by atoms with Crippen molar-refractivity contribution in [2.24, 2.45) is 0 Å². The van der Waals surface area contributed by atoms with E-state index in [0.29, 0.717) is 10.6 Å². The second-order valence-corrected chi connectivity index (χ2v) is 6.11. The molecule has 0 amide bonds. The Labute approximate surface area is 147 Å². The molecule has 126 valence electrons. The minimum absolute atomic E-state index is 0.272. The number of esters is 1. The summed E-state index contributed by atoms with van der Waals surface area (Å²) in [4.78, 5) is 12.0. The van der Waals surface area contributed by atoms with Crippen LogP contribution in [-0.2, 0) is 11.3 Å². The van der Waals surface area contributed by atoms with Crippen molar-refractivity contribution in [3.8, 4) is 5.06 Å². The van der Waals surface area contributed by atoms with Crippen LogP contribution in [0.25, 0.3) is 0 Å². The highest BCUT2D eigenvalue weighted by atomic mass is 32.1. The van der Waals surface area contributed by atoms with E-state index in [1.54, 1.807) is 17.7 Å². The number of hydrogen-bond donors (Lipinski definition) is 0. The van der Waals surface area contributed by atoms with Gasteiger partial charge in [0.05, 0.1) is 11.8 Å². The average Bonchev–Trinajstić information content (AvgIpc) is 3.09. The molecule has 0 saturated carbocycles. The van der Waals surface area contributed by atoms with Gasteiger partial charge in [-0.1, -0.05) is 62.2 Å². The molecule has 0 aliphatic rings. The number of unbranched alkanes of at least 4 members (excludes halogenated alkanes) is 2. The number of hydrogen-bond acceptors (Lipinski definition) is 4. The van der Waals surface area contributed by atoms with Crippen LogP contribution in [0.15, 0.2) is 66.3 Å². The number of rotatable bonds is 9. The molecule has 0 N–H and O–H groups in total. The number of carbonyl (C=O) groups is 1. The zero-order valence-corrected chi connectivity index (χ0v) is 14.6. The Kier molecular flexibility index (Phi) is 7.84. The third-order valence-corrected chi connectivity index (χ3v) is 4.08. The van der Waals surface area contributed by atoms with Crippen LogP contribution < -0.4 is 4.74 Å². The smallest absolute Gasteiger partial charge is 0.339 e. The molecular weight excluding hydrogens is 320 g/mol. The summed E-state index contributed by atoms with van der Waals surface area (Å²) in [5, 5.41) is 2.41. The van der Waals surface area contributed by atoms with E-state index in [1.165, 1.54) is 24.2 Å². The van der Waals surface area contributed by atoms with Crippen molar-refractivity contribution < 1.29 is 14.3 Å². The lowest BCUT2D eigenvalue weighted by Crippen LogP contribution is -2.03. The van der Waals surface area contributed by atoms with E-state index in [1.807, 2.05) is 42.5 Å². The van der Waals surface area contributed by atoms with E-state index in [0.717, 1.165) is 12.0 Å². The van der Waals surface area contributed by atoms with Crippen LogP contribution in [-0.4, -0.2) is 5.97 Å². The summed E-state index contributed by atoms with van der Waals surface area (Å²) in [5.41, 5.74) is 1.48. The van der Waals surface area contributed by atoms with Gasteiger partial charge in [-0.05, 0) is 18.1 Å². The Bertz CT molecular complexity index is 671. The average molecular weight is 342 g/mol. The molecular formula is C20H22O3S. The van der Waals surface area contributed by atoms with Crippen LogP contribution >= 0.6 is 11.3 Å². The van der Waals surface area contributed by atoms with Crippen molar-refractivity contribution in [1.29, 1.82) is 0 Å². The molecule has 2 aromatic rings. The van der Waals surface area contributed by atoms with Crippen molar-refractivity contribution in [2.75, 3.05) is 0 Å². The summed E-state index contributed by atoms with van der Waals surface area (Å²) in [7, 11) is 0. The lowest BCUT2D eigenvalue weighted by Gasteiger charge is -2.02. The molecule has 0 atom stereocenters. The number of benzene rings is 1. The number of thiophene rings is 1. The molecule has 0 spiro atoms. The van der Waals surface area contributed by atoms with Crippen LogP contribution in [0.1, 0.15) is 42.1 Å². The first-order chi connectivity index (χ1) is 11.8. The summed E-state index contributed by atoms with van der Waals surface area (Å²) in [6.07, 6.45) is 11.0. The second-order valence-electron chi connectivity index (χ2n) is 5.23. The fraction of sp³-hybridized carbons (Fsp3) is 0.250. The van der Waals surface area contributed by atoms with E-state index in [-0.39, 0.29) is 12.6 Å². The van der Waals surface area contributed by atoms with Crippen LogP contribution in [0.3, 0.4) is 0 Å². The molecule has 1 aromatic carbocycles. The maximum absolute atomic E-state index is 12.0. The maximum atomic E-state index is 12.0. The SMILES string of the molecule is CCCCC=CC=COc1cc(C(=O)OCc2ccccc2)cs1. The molecule has 0 fully saturated rings. The Morgan fingerprint density at radius 3 is 2.83 bits per heavy atom. The number of ether oxygens (including phenoxy) is 2. The van der Waals surface area contributed by atoms with Gasteiger partial charge < -0.3 is 9.47 Å². The summed E-state index contributed by atoms with van der Waals surface area (Å²) in [6, 6.07) is 11.3. The van der Waals surface area contributed by atoms with E-state index in [2.05, 4.69) is 13.0 Å². The van der Waals surface area contributed by atoms with Gasteiger partial charge in [0.1, 0.15) is 6.61 Å². The van der Waals surface area contributed by atoms with E-state index in [9.17, 15) is 4.79 Å². The number of allylic oxidation sites excluding steroid dienone is 3.